The molecule has 1 saturated heterocycles. The highest BCUT2D eigenvalue weighted by molar-refractivity contribution is 7.90. The van der Waals surface area contributed by atoms with E-state index in [0.29, 0.717) is 13.1 Å². The summed E-state index contributed by atoms with van der Waals surface area (Å²) < 4.78 is 28.2. The number of likely N-dealkylation sites (N-methyl/N-ethyl adjacent to an activating group) is 2. The van der Waals surface area contributed by atoms with E-state index in [1.165, 1.54) is 17.0 Å². The van der Waals surface area contributed by atoms with Crippen molar-refractivity contribution in [3.8, 4) is 0 Å². The zero-order chi connectivity index (χ0) is 14.8. The molecule has 20 heavy (non-hydrogen) atoms. The van der Waals surface area contributed by atoms with Crippen molar-refractivity contribution in [2.24, 2.45) is 4.40 Å². The van der Waals surface area contributed by atoms with Crippen molar-refractivity contribution in [2.45, 2.75) is 18.7 Å². The molecule has 0 bridgehead atoms. The molecule has 0 spiro atoms. The van der Waals surface area contributed by atoms with Gasteiger partial charge in [0.25, 0.3) is 10.0 Å². The van der Waals surface area contributed by atoms with E-state index in [1.807, 2.05) is 6.92 Å². The van der Waals surface area contributed by atoms with E-state index in [9.17, 15) is 13.2 Å². The molecule has 1 aromatic carbocycles. The molecule has 2 rings (SSSR count). The van der Waals surface area contributed by atoms with Crippen LogP contribution in [0.5, 0.6) is 0 Å². The van der Waals surface area contributed by atoms with E-state index in [-0.39, 0.29) is 23.3 Å². The Morgan fingerprint density at radius 2 is 1.80 bits per heavy atom. The summed E-state index contributed by atoms with van der Waals surface area (Å²) in [5.41, 5.74) is 0. The van der Waals surface area contributed by atoms with Gasteiger partial charge in [0, 0.05) is 13.1 Å². The van der Waals surface area contributed by atoms with Gasteiger partial charge in [-0.3, -0.25) is 4.90 Å². The van der Waals surface area contributed by atoms with Crippen LogP contribution in [-0.2, 0) is 10.0 Å². The van der Waals surface area contributed by atoms with Crippen LogP contribution in [0.1, 0.15) is 13.8 Å². The number of hydrogen-bond acceptors (Lipinski definition) is 3. The predicted molar refractivity (Wildman–Crippen MR) is 76.1 cm³/mol. The Bertz CT molecular complexity index is 626. The first-order valence-electron chi connectivity index (χ1n) is 6.45. The highest BCUT2D eigenvalue weighted by Gasteiger charge is 2.33. The lowest BCUT2D eigenvalue weighted by Crippen LogP contribution is -2.33. The van der Waals surface area contributed by atoms with Gasteiger partial charge in [-0.05, 0) is 26.0 Å². The zero-order valence-electron chi connectivity index (χ0n) is 11.5. The third-order valence-electron chi connectivity index (χ3n) is 3.11. The van der Waals surface area contributed by atoms with Crippen LogP contribution in [0.4, 0.5) is 4.79 Å². The van der Waals surface area contributed by atoms with Crippen LogP contribution >= 0.6 is 0 Å². The molecular weight excluding hydrogens is 278 g/mol. The number of nitrogens with zero attached hydrogens (tertiary/aromatic N) is 3. The molecule has 1 aromatic rings. The maximum Gasteiger partial charge on any atom is 0.325 e. The van der Waals surface area contributed by atoms with Crippen LogP contribution in [0.15, 0.2) is 39.6 Å². The van der Waals surface area contributed by atoms with E-state index < -0.39 is 10.0 Å². The van der Waals surface area contributed by atoms with Crippen LogP contribution in [-0.4, -0.2) is 49.7 Å². The summed E-state index contributed by atoms with van der Waals surface area (Å²) in [4.78, 5) is 15.1. The topological polar surface area (TPSA) is 70.1 Å². The number of rotatable bonds is 4. The summed E-state index contributed by atoms with van der Waals surface area (Å²) in [5.74, 6) is 0.281. The average molecular weight is 295 g/mol. The average Bonchev–Trinajstić information content (AvgIpc) is 2.74. The molecule has 0 unspecified atom stereocenters. The summed E-state index contributed by atoms with van der Waals surface area (Å²) in [6.07, 6.45) is 0. The number of hydrogen-bond donors (Lipinski definition) is 0. The normalized spacial score (nSPS) is 18.1. The first-order valence-corrected chi connectivity index (χ1v) is 7.89. The fraction of sp³-hybridized carbons (Fsp3) is 0.385. The minimum absolute atomic E-state index is 0.131. The summed E-state index contributed by atoms with van der Waals surface area (Å²) in [5, 5.41) is 0. The molecule has 108 valence electrons. The Morgan fingerprint density at radius 3 is 2.35 bits per heavy atom. The van der Waals surface area contributed by atoms with Gasteiger partial charge in [-0.25, -0.2) is 4.79 Å². The van der Waals surface area contributed by atoms with E-state index in [0.717, 1.165) is 0 Å². The lowest BCUT2D eigenvalue weighted by molar-refractivity contribution is 0.199. The largest absolute Gasteiger partial charge is 0.325 e. The van der Waals surface area contributed by atoms with Crippen molar-refractivity contribution < 1.29 is 13.2 Å². The summed E-state index contributed by atoms with van der Waals surface area (Å²) in [7, 11) is -3.77. The maximum atomic E-state index is 12.2. The maximum absolute atomic E-state index is 12.2. The quantitative estimate of drug-likeness (QED) is 0.846. The van der Waals surface area contributed by atoms with Gasteiger partial charge in [0.05, 0.1) is 11.4 Å². The molecule has 0 saturated carbocycles. The van der Waals surface area contributed by atoms with Crippen LogP contribution < -0.4 is 0 Å². The fourth-order valence-corrected chi connectivity index (χ4v) is 3.07. The zero-order valence-corrected chi connectivity index (χ0v) is 12.3. The Hall–Kier alpha value is -1.89. The minimum Gasteiger partial charge on any atom is -0.317 e. The van der Waals surface area contributed by atoms with E-state index >= 15 is 0 Å². The van der Waals surface area contributed by atoms with Gasteiger partial charge < -0.3 is 4.90 Å². The van der Waals surface area contributed by atoms with Crippen LogP contribution in [0.25, 0.3) is 0 Å². The Morgan fingerprint density at radius 1 is 1.15 bits per heavy atom. The molecule has 0 aliphatic carbocycles. The van der Waals surface area contributed by atoms with Gasteiger partial charge >= 0.3 is 6.03 Å². The van der Waals surface area contributed by atoms with Crippen molar-refractivity contribution in [3.63, 3.8) is 0 Å². The van der Waals surface area contributed by atoms with Gasteiger partial charge in [-0.1, -0.05) is 18.2 Å². The van der Waals surface area contributed by atoms with Gasteiger partial charge in [-0.2, -0.15) is 8.42 Å². The Balaban J connectivity index is 2.37. The molecular formula is C13H17N3O3S. The van der Waals surface area contributed by atoms with Crippen LogP contribution in [0.2, 0.25) is 0 Å². The van der Waals surface area contributed by atoms with Crippen molar-refractivity contribution in [1.29, 1.82) is 0 Å². The summed E-state index contributed by atoms with van der Waals surface area (Å²) in [6, 6.07) is 7.80. The van der Waals surface area contributed by atoms with Gasteiger partial charge in [0.15, 0.2) is 0 Å². The number of amidine groups is 1. The van der Waals surface area contributed by atoms with Crippen LogP contribution in [0.3, 0.4) is 0 Å². The van der Waals surface area contributed by atoms with Crippen molar-refractivity contribution in [2.75, 3.05) is 19.6 Å². The van der Waals surface area contributed by atoms with Crippen molar-refractivity contribution in [3.05, 3.63) is 30.3 Å². The van der Waals surface area contributed by atoms with Crippen molar-refractivity contribution >= 4 is 21.9 Å². The van der Waals surface area contributed by atoms with Gasteiger partial charge in [0.1, 0.15) is 5.84 Å². The molecule has 1 aliphatic heterocycles. The van der Waals surface area contributed by atoms with Gasteiger partial charge in [0.2, 0.25) is 0 Å². The Labute approximate surface area is 118 Å². The first-order chi connectivity index (χ1) is 9.49. The van der Waals surface area contributed by atoms with Crippen LogP contribution in [0, 0.1) is 0 Å². The molecule has 0 aromatic heterocycles. The number of amides is 2. The third kappa shape index (κ3) is 2.67. The Kier molecular flexibility index (Phi) is 4.08. The second-order valence-corrected chi connectivity index (χ2v) is 5.94. The third-order valence-corrected chi connectivity index (χ3v) is 4.43. The predicted octanol–water partition coefficient (Wildman–Crippen LogP) is 1.55. The van der Waals surface area contributed by atoms with Gasteiger partial charge in [-0.15, -0.1) is 4.40 Å². The number of sulfonamides is 1. The smallest absolute Gasteiger partial charge is 0.317 e. The van der Waals surface area contributed by atoms with E-state index in [1.54, 1.807) is 30.0 Å². The number of carbonyl (C=O) groups excluding carboxylic acids is 1. The highest BCUT2D eigenvalue weighted by atomic mass is 32.2. The lowest BCUT2D eigenvalue weighted by Gasteiger charge is -2.14. The summed E-state index contributed by atoms with van der Waals surface area (Å²) in [6.45, 7) is 4.80. The molecule has 0 radical (unpaired) electrons. The molecule has 6 nitrogen and oxygen atoms in total. The molecule has 7 heteroatoms. The molecule has 0 N–H and O–H groups in total. The molecule has 2 amide bonds. The molecule has 1 fully saturated rings. The standard InChI is InChI=1S/C13H17N3O3S/c1-3-15-10-12(16(4-2)13(15)17)14-20(18,19)11-8-6-5-7-9-11/h5-9H,3-4,10H2,1-2H3/b14-12-. The monoisotopic (exact) mass is 295 g/mol. The molecule has 1 aliphatic rings. The second kappa shape index (κ2) is 5.62. The second-order valence-electron chi connectivity index (χ2n) is 4.34. The molecule has 0 atom stereocenters. The van der Waals surface area contributed by atoms with E-state index in [4.69, 9.17) is 0 Å². The summed E-state index contributed by atoms with van der Waals surface area (Å²) >= 11 is 0. The fourth-order valence-electron chi connectivity index (χ4n) is 2.03. The first kappa shape index (κ1) is 14.5. The SMILES string of the molecule is CCN1C/C(=N/S(=O)(=O)c2ccccc2)N(CC)C1=O. The number of benzene rings is 1. The van der Waals surface area contributed by atoms with E-state index in [2.05, 4.69) is 4.40 Å². The minimum atomic E-state index is -3.77. The molecule has 1 heterocycles. The van der Waals surface area contributed by atoms with Crippen molar-refractivity contribution in [1.82, 2.24) is 9.80 Å². The number of urea groups is 1. The number of carbonyl (C=O) groups is 1. The highest BCUT2D eigenvalue weighted by Crippen LogP contribution is 2.16. The lowest BCUT2D eigenvalue weighted by atomic mass is 10.4.